The van der Waals surface area contributed by atoms with Crippen LogP contribution in [0.4, 0.5) is 96.6 Å². The summed E-state index contributed by atoms with van der Waals surface area (Å²) in [5.74, 6) is -25.4. The highest BCUT2D eigenvalue weighted by molar-refractivity contribution is 5.31. The fourth-order valence-corrected chi connectivity index (χ4v) is 2.54. The van der Waals surface area contributed by atoms with Crippen molar-refractivity contribution in [3.63, 3.8) is 0 Å². The minimum atomic E-state index is -7.49. The zero-order valence-electron chi connectivity index (χ0n) is 16.8. The Bertz CT molecular complexity index is 820. The smallest absolute Gasteiger partial charge is 0.434 e. The number of halogens is 22. The van der Waals surface area contributed by atoms with Crippen LogP contribution in [0.2, 0.25) is 0 Å². The molecule has 0 heterocycles. The zero-order valence-corrected chi connectivity index (χ0v) is 16.8. The standard InChI is InChI=1S/C14H4F22O3/c15-6(16)1-2(37-3(8(17,18)19)9(20,21)22)7(14(6,35)36,38-4(10(23,24)25)11(26,27)28)39-5(12(29,30)31)13(32,33)34/h1,3-5H. The first-order valence-electron chi connectivity index (χ1n) is 8.54. The molecule has 0 unspecified atom stereocenters. The number of alkyl halides is 22. The van der Waals surface area contributed by atoms with E-state index in [0.29, 0.717) is 0 Å². The van der Waals surface area contributed by atoms with Crippen LogP contribution in [0.15, 0.2) is 11.8 Å². The largest absolute Gasteiger partial charge is 0.470 e. The molecule has 39 heavy (non-hydrogen) atoms. The van der Waals surface area contributed by atoms with Crippen molar-refractivity contribution in [3.05, 3.63) is 11.8 Å². The van der Waals surface area contributed by atoms with E-state index in [1.807, 2.05) is 0 Å². The molecular formula is C14H4F22O3. The summed E-state index contributed by atoms with van der Waals surface area (Å²) in [6, 6.07) is 0. The third kappa shape index (κ3) is 6.99. The van der Waals surface area contributed by atoms with Gasteiger partial charge in [0.1, 0.15) is 0 Å². The topological polar surface area (TPSA) is 27.7 Å². The minimum absolute atomic E-state index is 2.23. The molecule has 25 heteroatoms. The molecule has 1 rings (SSSR count). The highest BCUT2D eigenvalue weighted by atomic mass is 19.4. The highest BCUT2D eigenvalue weighted by Gasteiger charge is 2.83. The zero-order chi connectivity index (χ0) is 31.6. The Morgan fingerprint density at radius 2 is 0.718 bits per heavy atom. The molecule has 0 aromatic carbocycles. The van der Waals surface area contributed by atoms with E-state index in [1.165, 1.54) is 0 Å². The van der Waals surface area contributed by atoms with Gasteiger partial charge in [-0.1, -0.05) is 0 Å². The second kappa shape index (κ2) is 9.49. The maximum absolute atomic E-state index is 14.4. The quantitative estimate of drug-likeness (QED) is 0.225. The summed E-state index contributed by atoms with van der Waals surface area (Å²) in [6.07, 6.45) is -63.9. The minimum Gasteiger partial charge on any atom is -0.470 e. The first-order chi connectivity index (χ1) is 16.6. The summed E-state index contributed by atoms with van der Waals surface area (Å²) < 4.78 is 295. The van der Waals surface area contributed by atoms with Gasteiger partial charge in [-0.05, 0) is 0 Å². The number of ether oxygens (including phenoxy) is 3. The molecular weight excluding hydrogens is 634 g/mol. The Morgan fingerprint density at radius 1 is 0.462 bits per heavy atom. The van der Waals surface area contributed by atoms with E-state index in [1.54, 1.807) is 0 Å². The van der Waals surface area contributed by atoms with Crippen molar-refractivity contribution in [2.24, 2.45) is 0 Å². The monoisotopic (exact) mass is 638 g/mol. The fourth-order valence-electron chi connectivity index (χ4n) is 2.54. The molecule has 0 N–H and O–H groups in total. The van der Waals surface area contributed by atoms with E-state index in [-0.39, 0.29) is 0 Å². The first-order valence-corrected chi connectivity index (χ1v) is 8.54. The Balaban J connectivity index is 4.18. The molecule has 0 aromatic rings. The molecule has 0 radical (unpaired) electrons. The second-order valence-electron chi connectivity index (χ2n) is 7.07. The molecule has 1 aliphatic rings. The van der Waals surface area contributed by atoms with Gasteiger partial charge < -0.3 is 14.2 Å². The molecule has 0 aliphatic heterocycles. The summed E-state index contributed by atoms with van der Waals surface area (Å²) >= 11 is 0. The molecule has 3 nitrogen and oxygen atoms in total. The third-order valence-corrected chi connectivity index (χ3v) is 4.06. The van der Waals surface area contributed by atoms with Gasteiger partial charge in [0.2, 0.25) is 0 Å². The van der Waals surface area contributed by atoms with Gasteiger partial charge in [0.15, 0.2) is 5.76 Å². The lowest BCUT2D eigenvalue weighted by molar-refractivity contribution is -0.462. The normalized spacial score (nSPS) is 20.7. The maximum Gasteiger partial charge on any atom is 0.434 e. The van der Waals surface area contributed by atoms with Gasteiger partial charge in [0.05, 0.1) is 0 Å². The van der Waals surface area contributed by atoms with Crippen molar-refractivity contribution in [2.75, 3.05) is 0 Å². The van der Waals surface area contributed by atoms with Gasteiger partial charge in [0.25, 0.3) is 18.3 Å². The maximum atomic E-state index is 14.4. The third-order valence-electron chi connectivity index (χ3n) is 4.06. The van der Waals surface area contributed by atoms with E-state index >= 15 is 0 Å². The molecule has 0 saturated heterocycles. The van der Waals surface area contributed by atoms with E-state index in [9.17, 15) is 96.6 Å². The number of hydrogen-bond donors (Lipinski definition) is 0. The van der Waals surface area contributed by atoms with Gasteiger partial charge in [-0.3, -0.25) is 0 Å². The molecule has 0 amide bonds. The van der Waals surface area contributed by atoms with Gasteiger partial charge in [-0.2, -0.15) is 96.6 Å². The van der Waals surface area contributed by atoms with Gasteiger partial charge >= 0.3 is 54.7 Å². The Kier molecular flexibility index (Phi) is 8.51. The Morgan fingerprint density at radius 3 is 0.949 bits per heavy atom. The van der Waals surface area contributed by atoms with Crippen molar-refractivity contribution in [3.8, 4) is 0 Å². The van der Waals surface area contributed by atoms with Crippen LogP contribution in [-0.2, 0) is 14.2 Å². The van der Waals surface area contributed by atoms with Crippen LogP contribution in [0.25, 0.3) is 0 Å². The van der Waals surface area contributed by atoms with Crippen molar-refractivity contribution in [1.29, 1.82) is 0 Å². The first kappa shape index (κ1) is 34.9. The average Bonchev–Trinajstić information content (AvgIpc) is 2.72. The number of allylic oxidation sites excluding steroid dienone is 1. The van der Waals surface area contributed by atoms with Crippen molar-refractivity contribution < 1.29 is 111 Å². The number of hydrogen-bond acceptors (Lipinski definition) is 3. The predicted octanol–water partition coefficient (Wildman–Crippen LogP) is 7.38. The van der Waals surface area contributed by atoms with E-state index in [4.69, 9.17) is 0 Å². The van der Waals surface area contributed by atoms with Crippen LogP contribution >= 0.6 is 0 Å². The van der Waals surface area contributed by atoms with Crippen LogP contribution in [0, 0.1) is 0 Å². The number of rotatable bonds is 6. The molecule has 0 bridgehead atoms. The molecule has 0 saturated carbocycles. The Labute approximate surface area is 197 Å². The summed E-state index contributed by atoms with van der Waals surface area (Å²) in [5, 5.41) is 0. The molecule has 0 fully saturated rings. The summed E-state index contributed by atoms with van der Waals surface area (Å²) in [4.78, 5) is 0. The van der Waals surface area contributed by atoms with Crippen LogP contribution < -0.4 is 0 Å². The van der Waals surface area contributed by atoms with Gasteiger partial charge in [-0.25, -0.2) is 0 Å². The molecule has 232 valence electrons. The highest BCUT2D eigenvalue weighted by Crippen LogP contribution is 2.60. The van der Waals surface area contributed by atoms with Crippen molar-refractivity contribution in [1.82, 2.24) is 0 Å². The lowest BCUT2D eigenvalue weighted by atomic mass is 10.1. The molecule has 0 aromatic heterocycles. The SMILES string of the molecule is FC(F)(F)C(OC1=CC(F)(F)C(F)(F)C1(OC(C(F)(F)F)C(F)(F)F)OC(C(F)(F)F)C(F)(F)F)C(F)(F)F. The molecule has 0 atom stereocenters. The van der Waals surface area contributed by atoms with E-state index in [2.05, 4.69) is 14.2 Å². The van der Waals surface area contributed by atoms with Gasteiger partial charge in [0, 0.05) is 6.08 Å². The van der Waals surface area contributed by atoms with Crippen LogP contribution in [0.1, 0.15) is 0 Å². The van der Waals surface area contributed by atoms with Crippen molar-refractivity contribution >= 4 is 0 Å². The van der Waals surface area contributed by atoms with Crippen LogP contribution in [0.3, 0.4) is 0 Å². The molecule has 1 aliphatic carbocycles. The van der Waals surface area contributed by atoms with Crippen molar-refractivity contribution in [2.45, 2.75) is 73.0 Å². The van der Waals surface area contributed by atoms with Crippen LogP contribution in [-0.4, -0.2) is 73.0 Å². The van der Waals surface area contributed by atoms with Gasteiger partial charge in [-0.15, -0.1) is 0 Å². The van der Waals surface area contributed by atoms with E-state index in [0.717, 1.165) is 0 Å². The molecule has 0 spiro atoms. The Hall–Kier alpha value is -2.08. The summed E-state index contributed by atoms with van der Waals surface area (Å²) in [7, 11) is 0. The van der Waals surface area contributed by atoms with Crippen LogP contribution in [0.5, 0.6) is 0 Å². The second-order valence-corrected chi connectivity index (χ2v) is 7.07. The lowest BCUT2D eigenvalue weighted by Gasteiger charge is -2.43. The van der Waals surface area contributed by atoms with E-state index < -0.39 is 84.8 Å². The lowest BCUT2D eigenvalue weighted by Crippen LogP contribution is -2.66. The average molecular weight is 638 g/mol. The predicted molar refractivity (Wildman–Crippen MR) is 71.7 cm³/mol. The summed E-state index contributed by atoms with van der Waals surface area (Å²) in [5.41, 5.74) is 0. The fraction of sp³-hybridized carbons (Fsp3) is 0.857. The summed E-state index contributed by atoms with van der Waals surface area (Å²) in [6.45, 7) is 0.